The van der Waals surface area contributed by atoms with Crippen molar-refractivity contribution in [2.75, 3.05) is 12.9 Å². The van der Waals surface area contributed by atoms with Crippen LogP contribution in [-0.4, -0.2) is 34.3 Å². The van der Waals surface area contributed by atoms with E-state index in [4.69, 9.17) is 4.74 Å². The van der Waals surface area contributed by atoms with Gasteiger partial charge in [-0.2, -0.15) is 5.26 Å². The Morgan fingerprint density at radius 1 is 1.57 bits per heavy atom. The second-order valence-electron chi connectivity index (χ2n) is 5.73. The number of imidazole rings is 1. The van der Waals surface area contributed by atoms with Gasteiger partial charge in [0.1, 0.15) is 11.3 Å². The number of nitrogens with zero attached hydrogens (tertiary/aromatic N) is 2. The van der Waals surface area contributed by atoms with Crippen molar-refractivity contribution < 1.29 is 9.53 Å². The molecule has 2 N–H and O–H groups in total. The maximum Gasteiger partial charge on any atom is 0.231 e. The Morgan fingerprint density at radius 2 is 2.30 bits per heavy atom. The second-order valence-corrected chi connectivity index (χ2v) is 6.69. The number of nitriles is 1. The average molecular weight is 332 g/mol. The number of aromatic amines is 1. The zero-order chi connectivity index (χ0) is 17.0. The van der Waals surface area contributed by atoms with Crippen molar-refractivity contribution >= 4 is 28.7 Å². The number of hydrogen-bond donors (Lipinski definition) is 2. The largest absolute Gasteiger partial charge is 0.497 e. The van der Waals surface area contributed by atoms with E-state index in [-0.39, 0.29) is 17.6 Å². The van der Waals surface area contributed by atoms with Crippen LogP contribution in [0.1, 0.15) is 20.8 Å². The first-order valence-electron chi connectivity index (χ1n) is 7.27. The molecule has 0 aliphatic rings. The molecule has 0 fully saturated rings. The van der Waals surface area contributed by atoms with Crippen LogP contribution in [0.25, 0.3) is 11.0 Å². The summed E-state index contributed by atoms with van der Waals surface area (Å²) in [6, 6.07) is 7.72. The summed E-state index contributed by atoms with van der Waals surface area (Å²) in [4.78, 5) is 19.6. The van der Waals surface area contributed by atoms with Crippen LogP contribution >= 0.6 is 11.8 Å². The summed E-state index contributed by atoms with van der Waals surface area (Å²) in [5, 5.41) is 12.7. The molecule has 0 saturated heterocycles. The van der Waals surface area contributed by atoms with Gasteiger partial charge in [-0.25, -0.2) is 4.98 Å². The molecule has 0 bridgehead atoms. The number of rotatable bonds is 6. The van der Waals surface area contributed by atoms with Crippen LogP contribution in [0.15, 0.2) is 23.4 Å². The van der Waals surface area contributed by atoms with Crippen LogP contribution in [0.3, 0.4) is 0 Å². The SMILES string of the molecule is COc1ccc2nc(SCC(=O)N[C@](C)(C#N)C(C)C)[nH]c2c1. The topological polar surface area (TPSA) is 90.8 Å². The number of ether oxygens (including phenoxy) is 1. The third-order valence-electron chi connectivity index (χ3n) is 3.79. The van der Waals surface area contributed by atoms with Gasteiger partial charge < -0.3 is 15.0 Å². The van der Waals surface area contributed by atoms with E-state index in [1.54, 1.807) is 14.0 Å². The first-order valence-corrected chi connectivity index (χ1v) is 8.25. The number of hydrogen-bond acceptors (Lipinski definition) is 5. The highest BCUT2D eigenvalue weighted by atomic mass is 32.2. The van der Waals surface area contributed by atoms with Gasteiger partial charge in [0, 0.05) is 6.07 Å². The number of carbonyl (C=O) groups is 1. The summed E-state index contributed by atoms with van der Waals surface area (Å²) in [6.45, 7) is 5.54. The minimum Gasteiger partial charge on any atom is -0.497 e. The summed E-state index contributed by atoms with van der Waals surface area (Å²) in [5.74, 6) is 0.782. The quantitative estimate of drug-likeness (QED) is 0.794. The standard InChI is InChI=1S/C16H20N4O2S/c1-10(2)16(3,9-17)20-14(21)8-23-15-18-12-6-5-11(22-4)7-13(12)19-15/h5-7,10H,8H2,1-4H3,(H,18,19)(H,20,21)/t16-/m1/s1. The van der Waals surface area contributed by atoms with E-state index in [1.807, 2.05) is 32.0 Å². The molecule has 0 saturated carbocycles. The highest BCUT2D eigenvalue weighted by Gasteiger charge is 2.29. The van der Waals surface area contributed by atoms with E-state index >= 15 is 0 Å². The molecule has 0 spiro atoms. The minimum absolute atomic E-state index is 0.0279. The maximum atomic E-state index is 12.1. The van der Waals surface area contributed by atoms with Crippen molar-refractivity contribution in [3.05, 3.63) is 18.2 Å². The Bertz CT molecular complexity index is 750. The Kier molecular flexibility index (Phi) is 5.16. The van der Waals surface area contributed by atoms with E-state index in [2.05, 4.69) is 21.4 Å². The van der Waals surface area contributed by atoms with E-state index in [0.717, 1.165) is 16.8 Å². The fourth-order valence-corrected chi connectivity index (χ4v) is 2.61. The highest BCUT2D eigenvalue weighted by Crippen LogP contribution is 2.23. The average Bonchev–Trinajstić information content (AvgIpc) is 2.94. The van der Waals surface area contributed by atoms with Gasteiger partial charge in [0.25, 0.3) is 0 Å². The molecule has 0 aliphatic heterocycles. The molecular weight excluding hydrogens is 312 g/mol. The summed E-state index contributed by atoms with van der Waals surface area (Å²) in [7, 11) is 1.61. The Hall–Kier alpha value is -2.20. The second kappa shape index (κ2) is 6.92. The Morgan fingerprint density at radius 3 is 2.91 bits per heavy atom. The number of fused-ring (bicyclic) bond motifs is 1. The summed E-state index contributed by atoms with van der Waals surface area (Å²) >= 11 is 1.30. The number of nitrogens with one attached hydrogen (secondary N) is 2. The molecule has 0 radical (unpaired) electrons. The number of methoxy groups -OCH3 is 1. The lowest BCUT2D eigenvalue weighted by molar-refractivity contribution is -0.120. The molecule has 0 aliphatic carbocycles. The molecule has 6 nitrogen and oxygen atoms in total. The first kappa shape index (κ1) is 17.2. The number of benzene rings is 1. The Balaban J connectivity index is 2.01. The molecule has 1 atom stereocenters. The van der Waals surface area contributed by atoms with E-state index in [1.165, 1.54) is 11.8 Å². The molecule has 122 valence electrons. The number of H-pyrrole nitrogens is 1. The molecule has 1 heterocycles. The highest BCUT2D eigenvalue weighted by molar-refractivity contribution is 7.99. The number of aromatic nitrogens is 2. The lowest BCUT2D eigenvalue weighted by Crippen LogP contribution is -2.49. The van der Waals surface area contributed by atoms with Crippen LogP contribution < -0.4 is 10.1 Å². The molecule has 1 aromatic heterocycles. The van der Waals surface area contributed by atoms with Gasteiger partial charge >= 0.3 is 0 Å². The zero-order valence-corrected chi connectivity index (χ0v) is 14.5. The van der Waals surface area contributed by atoms with Gasteiger partial charge in [-0.15, -0.1) is 0 Å². The van der Waals surface area contributed by atoms with Gasteiger partial charge in [0.05, 0.1) is 30.0 Å². The molecule has 7 heteroatoms. The first-order chi connectivity index (χ1) is 10.9. The van der Waals surface area contributed by atoms with Gasteiger partial charge in [-0.3, -0.25) is 4.79 Å². The van der Waals surface area contributed by atoms with E-state index < -0.39 is 5.54 Å². The lowest BCUT2D eigenvalue weighted by atomic mass is 9.90. The van der Waals surface area contributed by atoms with Crippen LogP contribution in [-0.2, 0) is 4.79 Å². The maximum absolute atomic E-state index is 12.1. The number of amides is 1. The zero-order valence-electron chi connectivity index (χ0n) is 13.6. The predicted octanol–water partition coefficient (Wildman–Crippen LogP) is 2.72. The fraction of sp³-hybridized carbons (Fsp3) is 0.438. The molecule has 0 unspecified atom stereocenters. The van der Waals surface area contributed by atoms with Crippen molar-refractivity contribution in [2.24, 2.45) is 5.92 Å². The smallest absolute Gasteiger partial charge is 0.231 e. The van der Waals surface area contributed by atoms with Crippen molar-refractivity contribution in [3.63, 3.8) is 0 Å². The summed E-state index contributed by atoms with van der Waals surface area (Å²) in [5.41, 5.74) is 0.813. The molecule has 2 rings (SSSR count). The fourth-order valence-electron chi connectivity index (χ4n) is 1.92. The van der Waals surface area contributed by atoms with E-state index in [9.17, 15) is 10.1 Å². The number of carbonyl (C=O) groups excluding carboxylic acids is 1. The third kappa shape index (κ3) is 3.96. The Labute approximate surface area is 139 Å². The minimum atomic E-state index is -0.862. The van der Waals surface area contributed by atoms with Gasteiger partial charge in [-0.1, -0.05) is 25.6 Å². The van der Waals surface area contributed by atoms with Crippen LogP contribution in [0.5, 0.6) is 5.75 Å². The number of thioether (sulfide) groups is 1. The molecular formula is C16H20N4O2S. The van der Waals surface area contributed by atoms with Crippen molar-refractivity contribution in [3.8, 4) is 11.8 Å². The molecule has 23 heavy (non-hydrogen) atoms. The summed E-state index contributed by atoms with van der Waals surface area (Å²) < 4.78 is 5.17. The molecule has 1 aromatic carbocycles. The van der Waals surface area contributed by atoms with Crippen LogP contribution in [0.4, 0.5) is 0 Å². The third-order valence-corrected chi connectivity index (χ3v) is 4.67. The van der Waals surface area contributed by atoms with Crippen LogP contribution in [0, 0.1) is 17.2 Å². The van der Waals surface area contributed by atoms with Crippen molar-refractivity contribution in [1.82, 2.24) is 15.3 Å². The monoisotopic (exact) mass is 332 g/mol. The van der Waals surface area contributed by atoms with Gasteiger partial charge in [0.2, 0.25) is 5.91 Å². The normalized spacial score (nSPS) is 13.6. The van der Waals surface area contributed by atoms with Crippen molar-refractivity contribution in [2.45, 2.75) is 31.5 Å². The molecule has 2 aromatic rings. The van der Waals surface area contributed by atoms with Gasteiger partial charge in [0.15, 0.2) is 5.16 Å². The van der Waals surface area contributed by atoms with Crippen molar-refractivity contribution in [1.29, 1.82) is 5.26 Å². The summed E-state index contributed by atoms with van der Waals surface area (Å²) in [6.07, 6.45) is 0. The molecule has 1 amide bonds. The lowest BCUT2D eigenvalue weighted by Gasteiger charge is -2.27. The van der Waals surface area contributed by atoms with E-state index in [0.29, 0.717) is 5.16 Å². The predicted molar refractivity (Wildman–Crippen MR) is 90.4 cm³/mol. The van der Waals surface area contributed by atoms with Crippen LogP contribution in [0.2, 0.25) is 0 Å². The van der Waals surface area contributed by atoms with Gasteiger partial charge in [-0.05, 0) is 25.0 Å².